The number of ether oxygens (including phenoxy) is 2. The molecule has 1 saturated heterocycles. The van der Waals surface area contributed by atoms with Gasteiger partial charge in [-0.25, -0.2) is 14.6 Å². The Morgan fingerprint density at radius 2 is 1.56 bits per heavy atom. The first-order valence-electron chi connectivity index (χ1n) is 18.1. The number of hydrogen-bond donors (Lipinski definition) is 0. The monoisotopic (exact) mass is 698 g/mol. The molecule has 9 nitrogen and oxygen atoms in total. The molecule has 2 aliphatic rings. The minimum atomic E-state index is -0.563. The average Bonchev–Trinajstić information content (AvgIpc) is 3.60. The van der Waals surface area contributed by atoms with Crippen LogP contribution < -0.4 is 4.90 Å². The zero-order valence-electron chi connectivity index (χ0n) is 30.4. The highest BCUT2D eigenvalue weighted by atomic mass is 16.6. The zero-order valence-corrected chi connectivity index (χ0v) is 30.4. The van der Waals surface area contributed by atoms with Crippen molar-refractivity contribution in [2.75, 3.05) is 57.8 Å². The number of methoxy groups -OCH3 is 1. The molecule has 0 unspecified atom stereocenters. The summed E-state index contributed by atoms with van der Waals surface area (Å²) in [5, 5.41) is 0. The van der Waals surface area contributed by atoms with E-state index >= 15 is 0 Å². The van der Waals surface area contributed by atoms with Gasteiger partial charge in [-0.15, -0.1) is 0 Å². The zero-order chi connectivity index (χ0) is 36.2. The third-order valence-electron chi connectivity index (χ3n) is 9.76. The second-order valence-corrected chi connectivity index (χ2v) is 14.5. The Balaban J connectivity index is 1.03. The van der Waals surface area contributed by atoms with Gasteiger partial charge in [0.25, 0.3) is 0 Å². The highest BCUT2D eigenvalue weighted by molar-refractivity contribution is 5.97. The van der Waals surface area contributed by atoms with Crippen molar-refractivity contribution in [1.82, 2.24) is 14.8 Å². The molecule has 268 valence electrons. The van der Waals surface area contributed by atoms with Crippen LogP contribution in [0.2, 0.25) is 0 Å². The third kappa shape index (κ3) is 8.05. The number of aromatic nitrogens is 1. The Kier molecular flexibility index (Phi) is 10.1. The normalized spacial score (nSPS) is 15.4. The van der Waals surface area contributed by atoms with Crippen LogP contribution in [-0.2, 0) is 15.9 Å². The first kappa shape index (κ1) is 35.0. The van der Waals surface area contributed by atoms with Crippen molar-refractivity contribution in [1.29, 1.82) is 0 Å². The lowest BCUT2D eigenvalue weighted by Crippen LogP contribution is -2.47. The van der Waals surface area contributed by atoms with E-state index in [0.29, 0.717) is 31.0 Å². The molecule has 1 fully saturated rings. The molecule has 2 aliphatic heterocycles. The summed E-state index contributed by atoms with van der Waals surface area (Å²) in [5.41, 5.74) is 8.74. The van der Waals surface area contributed by atoms with Crippen LogP contribution in [0.25, 0.3) is 39.3 Å². The SMILES string of the molecule is COC(=O)c1ccc(-c2ccc(-c3nc4cc(N5CCN(CCc6ccccc6)CC5)ccc4o3)cc2)cc1C1=CCN(C(=O)OC(C)(C)C)CC1. The van der Waals surface area contributed by atoms with E-state index in [1.165, 1.54) is 18.4 Å². The van der Waals surface area contributed by atoms with Gasteiger partial charge in [0.15, 0.2) is 5.58 Å². The van der Waals surface area contributed by atoms with Gasteiger partial charge in [-0.1, -0.05) is 54.6 Å². The molecule has 5 aromatic rings. The van der Waals surface area contributed by atoms with Crippen molar-refractivity contribution in [2.45, 2.75) is 39.2 Å². The van der Waals surface area contributed by atoms with E-state index in [2.05, 4.69) is 52.3 Å². The fourth-order valence-corrected chi connectivity index (χ4v) is 6.89. The number of anilines is 1. The topological polar surface area (TPSA) is 88.4 Å². The fraction of sp³-hybridized carbons (Fsp3) is 0.326. The molecular formula is C43H46N4O5. The highest BCUT2D eigenvalue weighted by Crippen LogP contribution is 2.33. The molecule has 9 heteroatoms. The minimum absolute atomic E-state index is 0.340. The van der Waals surface area contributed by atoms with E-state index in [9.17, 15) is 9.59 Å². The van der Waals surface area contributed by atoms with E-state index in [1.54, 1.807) is 4.90 Å². The van der Waals surface area contributed by atoms with Gasteiger partial charge in [0, 0.05) is 57.1 Å². The van der Waals surface area contributed by atoms with E-state index < -0.39 is 11.6 Å². The molecule has 0 atom stereocenters. The molecule has 0 saturated carbocycles. The summed E-state index contributed by atoms with van der Waals surface area (Å²) < 4.78 is 16.9. The summed E-state index contributed by atoms with van der Waals surface area (Å²) in [5.74, 6) is 0.181. The van der Waals surface area contributed by atoms with Crippen molar-refractivity contribution in [3.05, 3.63) is 114 Å². The lowest BCUT2D eigenvalue weighted by molar-refractivity contribution is 0.0270. The van der Waals surface area contributed by atoms with Gasteiger partial charge in [-0.3, -0.25) is 4.90 Å². The number of carbonyl (C=O) groups excluding carboxylic acids is 2. The number of amides is 1. The van der Waals surface area contributed by atoms with Crippen LogP contribution in [0.4, 0.5) is 10.5 Å². The van der Waals surface area contributed by atoms with E-state index in [-0.39, 0.29) is 6.09 Å². The number of fused-ring (bicyclic) bond motifs is 1. The van der Waals surface area contributed by atoms with Crippen LogP contribution in [0.3, 0.4) is 0 Å². The number of nitrogens with zero attached hydrogens (tertiary/aromatic N) is 4. The van der Waals surface area contributed by atoms with E-state index in [0.717, 1.165) is 78.1 Å². The van der Waals surface area contributed by atoms with E-state index in [4.69, 9.17) is 18.9 Å². The number of hydrogen-bond acceptors (Lipinski definition) is 8. The molecular weight excluding hydrogens is 652 g/mol. The molecule has 0 spiro atoms. The molecule has 7 rings (SSSR count). The quantitative estimate of drug-likeness (QED) is 0.150. The largest absolute Gasteiger partial charge is 0.465 e. The lowest BCUT2D eigenvalue weighted by Gasteiger charge is -2.36. The molecule has 0 radical (unpaired) electrons. The van der Waals surface area contributed by atoms with Gasteiger partial charge in [0.2, 0.25) is 5.89 Å². The number of rotatable bonds is 8. The van der Waals surface area contributed by atoms with Gasteiger partial charge < -0.3 is 23.7 Å². The van der Waals surface area contributed by atoms with Crippen molar-refractivity contribution < 1.29 is 23.5 Å². The summed E-state index contributed by atoms with van der Waals surface area (Å²) in [6.45, 7) is 11.6. The summed E-state index contributed by atoms with van der Waals surface area (Å²) in [6.07, 6.45) is 3.32. The second kappa shape index (κ2) is 15.1. The summed E-state index contributed by atoms with van der Waals surface area (Å²) in [4.78, 5) is 36.9. The minimum Gasteiger partial charge on any atom is -0.465 e. The van der Waals surface area contributed by atoms with Gasteiger partial charge in [-0.05, 0) is 104 Å². The van der Waals surface area contributed by atoms with E-state index in [1.807, 2.05) is 75.4 Å². The Bertz CT molecular complexity index is 2070. The third-order valence-corrected chi connectivity index (χ3v) is 9.76. The smallest absolute Gasteiger partial charge is 0.410 e. The van der Waals surface area contributed by atoms with Crippen molar-refractivity contribution >= 4 is 34.4 Å². The first-order valence-corrected chi connectivity index (χ1v) is 18.1. The Morgan fingerprint density at radius 1 is 0.827 bits per heavy atom. The van der Waals surface area contributed by atoms with Crippen LogP contribution in [0.15, 0.2) is 101 Å². The maximum Gasteiger partial charge on any atom is 0.410 e. The number of benzene rings is 4. The van der Waals surface area contributed by atoms with Gasteiger partial charge in [0.1, 0.15) is 11.1 Å². The second-order valence-electron chi connectivity index (χ2n) is 14.5. The van der Waals surface area contributed by atoms with Gasteiger partial charge in [-0.2, -0.15) is 0 Å². The van der Waals surface area contributed by atoms with Crippen molar-refractivity contribution in [3.63, 3.8) is 0 Å². The summed E-state index contributed by atoms with van der Waals surface area (Å²) >= 11 is 0. The number of carbonyl (C=O) groups is 2. The molecule has 52 heavy (non-hydrogen) atoms. The fourth-order valence-electron chi connectivity index (χ4n) is 6.89. The molecule has 1 aromatic heterocycles. The summed E-state index contributed by atoms with van der Waals surface area (Å²) in [6, 6.07) is 30.9. The van der Waals surface area contributed by atoms with Gasteiger partial charge >= 0.3 is 12.1 Å². The number of piperazine rings is 1. The predicted octanol–water partition coefficient (Wildman–Crippen LogP) is 8.34. The maximum absolute atomic E-state index is 12.8. The first-order chi connectivity index (χ1) is 25.1. The molecule has 0 bridgehead atoms. The van der Waals surface area contributed by atoms with Crippen LogP contribution in [-0.4, -0.2) is 85.4 Å². The lowest BCUT2D eigenvalue weighted by atomic mass is 9.91. The Labute approximate surface area is 305 Å². The van der Waals surface area contributed by atoms with Crippen LogP contribution >= 0.6 is 0 Å². The maximum atomic E-state index is 12.8. The Morgan fingerprint density at radius 3 is 2.25 bits per heavy atom. The van der Waals surface area contributed by atoms with Crippen LogP contribution in [0.5, 0.6) is 0 Å². The molecule has 1 amide bonds. The highest BCUT2D eigenvalue weighted by Gasteiger charge is 2.26. The van der Waals surface area contributed by atoms with Gasteiger partial charge in [0.05, 0.1) is 12.7 Å². The van der Waals surface area contributed by atoms with Crippen LogP contribution in [0, 0.1) is 0 Å². The average molecular weight is 699 g/mol. The number of esters is 1. The number of oxazole rings is 1. The summed E-state index contributed by atoms with van der Waals surface area (Å²) in [7, 11) is 1.39. The molecule has 0 aliphatic carbocycles. The van der Waals surface area contributed by atoms with Crippen LogP contribution in [0.1, 0.15) is 48.7 Å². The van der Waals surface area contributed by atoms with Crippen molar-refractivity contribution in [3.8, 4) is 22.6 Å². The molecule has 3 heterocycles. The Hall–Kier alpha value is -5.41. The molecule has 0 N–H and O–H groups in total. The molecule has 4 aromatic carbocycles. The van der Waals surface area contributed by atoms with Crippen molar-refractivity contribution in [2.24, 2.45) is 0 Å². The predicted molar refractivity (Wildman–Crippen MR) is 205 cm³/mol. The standard InChI is InChI=1S/C43H46N4O5/c1-43(2,3)52-42(49)47-22-19-32(20-23-47)37-28-34(14-16-36(37)41(48)50-4)31-10-12-33(13-11-31)40-44-38-29-35(15-17-39(38)51-40)46-26-24-45(25-27-46)21-18-30-8-6-5-7-9-30/h5-17,19,28-29H,18,20-27H2,1-4H3.